The van der Waals surface area contributed by atoms with Crippen LogP contribution in [-0.4, -0.2) is 84.8 Å². The molecule has 134 valence electrons. The zero-order valence-corrected chi connectivity index (χ0v) is 14.8. The summed E-state index contributed by atoms with van der Waals surface area (Å²) in [6.07, 6.45) is 0. The fourth-order valence-corrected chi connectivity index (χ4v) is 2.94. The van der Waals surface area contributed by atoms with Crippen LogP contribution < -0.4 is 5.32 Å². The first-order chi connectivity index (χ1) is 11.6. The Morgan fingerprint density at radius 1 is 1.25 bits per heavy atom. The molecule has 1 aromatic rings. The van der Waals surface area contributed by atoms with Gasteiger partial charge in [0.1, 0.15) is 0 Å². The molecule has 1 fully saturated rings. The third-order valence-electron chi connectivity index (χ3n) is 4.37. The summed E-state index contributed by atoms with van der Waals surface area (Å²) in [5, 5.41) is 12.3. The molecule has 0 spiro atoms. The third-order valence-corrected chi connectivity index (χ3v) is 4.37. The number of carbonyl (C=O) groups is 1. The molecule has 1 atom stereocenters. The van der Waals surface area contributed by atoms with Gasteiger partial charge in [0.25, 0.3) is 0 Å². The molecule has 1 aromatic carbocycles. The van der Waals surface area contributed by atoms with Crippen molar-refractivity contribution in [3.05, 3.63) is 35.9 Å². The number of likely N-dealkylation sites (N-methyl/N-ethyl adjacent to an activating group) is 1. The van der Waals surface area contributed by atoms with E-state index in [2.05, 4.69) is 22.2 Å². The Hall–Kier alpha value is -1.63. The van der Waals surface area contributed by atoms with Crippen molar-refractivity contribution < 1.29 is 9.90 Å². The Morgan fingerprint density at radius 3 is 2.54 bits per heavy atom. The van der Waals surface area contributed by atoms with Gasteiger partial charge in [-0.05, 0) is 19.5 Å². The number of aliphatic hydroxyl groups excluding tert-OH is 1. The summed E-state index contributed by atoms with van der Waals surface area (Å²) in [6, 6.07) is 9.82. The maximum atomic E-state index is 12.5. The Labute approximate surface area is 145 Å². The molecule has 0 aliphatic carbocycles. The van der Waals surface area contributed by atoms with Gasteiger partial charge in [0.15, 0.2) is 0 Å². The molecule has 2 rings (SSSR count). The SMILES string of the molecule is CC(CN1CCN(C)CC1)NC(=O)N(CCO)Cc1ccccc1. The molecule has 1 saturated heterocycles. The highest BCUT2D eigenvalue weighted by Crippen LogP contribution is 2.06. The van der Waals surface area contributed by atoms with E-state index >= 15 is 0 Å². The standard InChI is InChI=1S/C18H30N4O2/c1-16(14-21-10-8-20(2)9-11-21)19-18(24)22(12-13-23)15-17-6-4-3-5-7-17/h3-7,16,23H,8-15H2,1-2H3,(H,19,24). The number of hydrogen-bond acceptors (Lipinski definition) is 4. The van der Waals surface area contributed by atoms with Crippen molar-refractivity contribution in [3.63, 3.8) is 0 Å². The molecule has 1 heterocycles. The van der Waals surface area contributed by atoms with Crippen LogP contribution in [0.4, 0.5) is 4.79 Å². The molecule has 6 heteroatoms. The smallest absolute Gasteiger partial charge is 0.318 e. The quantitative estimate of drug-likeness (QED) is 0.775. The van der Waals surface area contributed by atoms with E-state index in [-0.39, 0.29) is 18.7 Å². The average molecular weight is 334 g/mol. The van der Waals surface area contributed by atoms with Crippen LogP contribution in [0.5, 0.6) is 0 Å². The van der Waals surface area contributed by atoms with Gasteiger partial charge in [-0.25, -0.2) is 4.79 Å². The number of nitrogens with zero attached hydrogens (tertiary/aromatic N) is 3. The van der Waals surface area contributed by atoms with Crippen LogP contribution in [0.15, 0.2) is 30.3 Å². The van der Waals surface area contributed by atoms with Gasteiger partial charge in [-0.2, -0.15) is 0 Å². The lowest BCUT2D eigenvalue weighted by atomic mass is 10.2. The number of carbonyl (C=O) groups excluding carboxylic acids is 1. The number of amides is 2. The first-order valence-electron chi connectivity index (χ1n) is 8.69. The number of hydrogen-bond donors (Lipinski definition) is 2. The topological polar surface area (TPSA) is 59.0 Å². The van der Waals surface area contributed by atoms with Gasteiger partial charge >= 0.3 is 6.03 Å². The minimum absolute atomic E-state index is 0.0346. The van der Waals surface area contributed by atoms with E-state index in [1.165, 1.54) is 0 Å². The van der Waals surface area contributed by atoms with Crippen LogP contribution in [0.25, 0.3) is 0 Å². The highest BCUT2D eigenvalue weighted by atomic mass is 16.3. The van der Waals surface area contributed by atoms with Crippen LogP contribution in [-0.2, 0) is 6.54 Å². The van der Waals surface area contributed by atoms with Crippen LogP contribution in [0.2, 0.25) is 0 Å². The maximum Gasteiger partial charge on any atom is 0.318 e. The van der Waals surface area contributed by atoms with E-state index in [0.29, 0.717) is 13.1 Å². The molecule has 0 radical (unpaired) electrons. The third kappa shape index (κ3) is 6.11. The summed E-state index contributed by atoms with van der Waals surface area (Å²) in [4.78, 5) is 18.9. The number of urea groups is 1. The molecule has 2 N–H and O–H groups in total. The predicted octanol–water partition coefficient (Wildman–Crippen LogP) is 0.826. The van der Waals surface area contributed by atoms with Crippen LogP contribution in [0.3, 0.4) is 0 Å². The Balaban J connectivity index is 1.82. The Kier molecular flexibility index (Phi) is 7.49. The normalized spacial score (nSPS) is 17.5. The molecule has 1 aliphatic heterocycles. The molecule has 0 aromatic heterocycles. The number of rotatable bonds is 7. The fraction of sp³-hybridized carbons (Fsp3) is 0.611. The molecule has 6 nitrogen and oxygen atoms in total. The first-order valence-corrected chi connectivity index (χ1v) is 8.69. The molecular formula is C18H30N4O2. The van der Waals surface area contributed by atoms with Crippen molar-refractivity contribution in [3.8, 4) is 0 Å². The van der Waals surface area contributed by atoms with Gasteiger partial charge in [0.05, 0.1) is 6.61 Å². The van der Waals surface area contributed by atoms with Gasteiger partial charge in [-0.1, -0.05) is 30.3 Å². The summed E-state index contributed by atoms with van der Waals surface area (Å²) in [6.45, 7) is 7.94. The number of benzene rings is 1. The number of piperazine rings is 1. The van der Waals surface area contributed by atoms with Gasteiger partial charge < -0.3 is 20.2 Å². The highest BCUT2D eigenvalue weighted by Gasteiger charge is 2.19. The minimum atomic E-state index is -0.116. The first kappa shape index (κ1) is 18.7. The molecule has 0 saturated carbocycles. The van der Waals surface area contributed by atoms with Crippen LogP contribution in [0, 0.1) is 0 Å². The van der Waals surface area contributed by atoms with Gasteiger partial charge in [0, 0.05) is 51.9 Å². The largest absolute Gasteiger partial charge is 0.395 e. The van der Waals surface area contributed by atoms with Gasteiger partial charge in [-0.3, -0.25) is 4.90 Å². The molecule has 0 bridgehead atoms. The predicted molar refractivity (Wildman–Crippen MR) is 95.9 cm³/mol. The number of aliphatic hydroxyl groups is 1. The lowest BCUT2D eigenvalue weighted by Gasteiger charge is -2.34. The van der Waals surface area contributed by atoms with E-state index < -0.39 is 0 Å². The Morgan fingerprint density at radius 2 is 1.92 bits per heavy atom. The van der Waals surface area contributed by atoms with Crippen molar-refractivity contribution in [2.75, 3.05) is 52.9 Å². The Bertz CT molecular complexity index is 489. The minimum Gasteiger partial charge on any atom is -0.395 e. The molecular weight excluding hydrogens is 304 g/mol. The summed E-state index contributed by atoms with van der Waals surface area (Å²) >= 11 is 0. The van der Waals surface area contributed by atoms with E-state index in [1.54, 1.807) is 4.90 Å². The van der Waals surface area contributed by atoms with Crippen molar-refractivity contribution in [1.82, 2.24) is 20.0 Å². The maximum absolute atomic E-state index is 12.5. The van der Waals surface area contributed by atoms with Crippen molar-refractivity contribution in [1.29, 1.82) is 0 Å². The lowest BCUT2D eigenvalue weighted by molar-refractivity contribution is 0.139. The van der Waals surface area contributed by atoms with Crippen molar-refractivity contribution in [2.45, 2.75) is 19.5 Å². The molecule has 1 unspecified atom stereocenters. The molecule has 2 amide bonds. The molecule has 1 aliphatic rings. The lowest BCUT2D eigenvalue weighted by Crippen LogP contribution is -2.52. The van der Waals surface area contributed by atoms with Crippen molar-refractivity contribution in [2.24, 2.45) is 0 Å². The summed E-state index contributed by atoms with van der Waals surface area (Å²) in [5.74, 6) is 0. The van der Waals surface area contributed by atoms with Crippen molar-refractivity contribution >= 4 is 6.03 Å². The van der Waals surface area contributed by atoms with E-state index in [0.717, 1.165) is 38.3 Å². The summed E-state index contributed by atoms with van der Waals surface area (Å²) < 4.78 is 0. The second-order valence-corrected chi connectivity index (χ2v) is 6.59. The van der Waals surface area contributed by atoms with E-state index in [4.69, 9.17) is 0 Å². The fourth-order valence-electron chi connectivity index (χ4n) is 2.94. The second kappa shape index (κ2) is 9.61. The van der Waals surface area contributed by atoms with Gasteiger partial charge in [-0.15, -0.1) is 0 Å². The monoisotopic (exact) mass is 334 g/mol. The van der Waals surface area contributed by atoms with E-state index in [9.17, 15) is 9.90 Å². The van der Waals surface area contributed by atoms with E-state index in [1.807, 2.05) is 37.3 Å². The summed E-state index contributed by atoms with van der Waals surface area (Å²) in [5.41, 5.74) is 1.06. The van der Waals surface area contributed by atoms with Gasteiger partial charge in [0.2, 0.25) is 0 Å². The number of nitrogens with one attached hydrogen (secondary N) is 1. The highest BCUT2D eigenvalue weighted by molar-refractivity contribution is 5.74. The summed E-state index contributed by atoms with van der Waals surface area (Å²) in [7, 11) is 2.14. The zero-order chi connectivity index (χ0) is 17.4. The molecule has 24 heavy (non-hydrogen) atoms. The van der Waals surface area contributed by atoms with Crippen LogP contribution >= 0.6 is 0 Å². The average Bonchev–Trinajstić information content (AvgIpc) is 2.57. The second-order valence-electron chi connectivity index (χ2n) is 6.59. The zero-order valence-electron chi connectivity index (χ0n) is 14.8. The van der Waals surface area contributed by atoms with Crippen LogP contribution in [0.1, 0.15) is 12.5 Å².